The second-order valence-corrected chi connectivity index (χ2v) is 24.1. The summed E-state index contributed by atoms with van der Waals surface area (Å²) in [5.74, 6) is -0.854. The van der Waals surface area contributed by atoms with Crippen LogP contribution in [0.5, 0.6) is 0 Å². The van der Waals surface area contributed by atoms with Gasteiger partial charge < -0.3 is 14.2 Å². The summed E-state index contributed by atoms with van der Waals surface area (Å²) >= 11 is 0. The maximum Gasteiger partial charge on any atom is 0.306 e. The lowest BCUT2D eigenvalue weighted by Crippen LogP contribution is -2.30. The predicted molar refractivity (Wildman–Crippen MR) is 362 cm³/mol. The first-order valence-corrected chi connectivity index (χ1v) is 36.1. The van der Waals surface area contributed by atoms with Crippen molar-refractivity contribution >= 4 is 17.9 Å². The molecular weight excluding hydrogens is 1020 g/mol. The third-order valence-electron chi connectivity index (χ3n) is 15.9. The molecule has 0 aromatic carbocycles. The monoisotopic (exact) mass is 1160 g/mol. The van der Waals surface area contributed by atoms with Crippen LogP contribution in [0.2, 0.25) is 0 Å². The molecule has 0 aromatic rings. The van der Waals surface area contributed by atoms with Gasteiger partial charge in [0.25, 0.3) is 0 Å². The van der Waals surface area contributed by atoms with E-state index in [1.165, 1.54) is 218 Å². The van der Waals surface area contributed by atoms with Crippen LogP contribution in [0, 0.1) is 0 Å². The van der Waals surface area contributed by atoms with Gasteiger partial charge in [-0.15, -0.1) is 0 Å². The number of ether oxygens (including phenoxy) is 3. The summed E-state index contributed by atoms with van der Waals surface area (Å²) in [6.45, 7) is 6.58. The molecule has 6 nitrogen and oxygen atoms in total. The van der Waals surface area contributed by atoms with Crippen molar-refractivity contribution < 1.29 is 28.6 Å². The second kappa shape index (κ2) is 71.1. The highest BCUT2D eigenvalue weighted by Crippen LogP contribution is 2.18. The van der Waals surface area contributed by atoms with Crippen LogP contribution >= 0.6 is 0 Å². The van der Waals surface area contributed by atoms with E-state index < -0.39 is 6.10 Å². The van der Waals surface area contributed by atoms with Crippen molar-refractivity contribution in [2.45, 2.75) is 374 Å². The van der Waals surface area contributed by atoms with Gasteiger partial charge in [0.1, 0.15) is 13.2 Å². The Morgan fingerprint density at radius 1 is 0.253 bits per heavy atom. The van der Waals surface area contributed by atoms with Crippen LogP contribution in [-0.2, 0) is 28.6 Å². The first-order valence-electron chi connectivity index (χ1n) is 36.1. The lowest BCUT2D eigenvalue weighted by molar-refractivity contribution is -0.167. The zero-order valence-electron chi connectivity index (χ0n) is 55.2. The number of allylic oxidation sites excluding steroid dienone is 14. The smallest absolute Gasteiger partial charge is 0.306 e. The molecule has 0 bridgehead atoms. The molecule has 0 aliphatic rings. The topological polar surface area (TPSA) is 78.9 Å². The highest BCUT2D eigenvalue weighted by Gasteiger charge is 2.19. The molecule has 0 saturated carbocycles. The molecule has 0 saturated heterocycles. The summed E-state index contributed by atoms with van der Waals surface area (Å²) in [6, 6.07) is 0. The summed E-state index contributed by atoms with van der Waals surface area (Å²) in [7, 11) is 0. The zero-order valence-corrected chi connectivity index (χ0v) is 55.2. The fourth-order valence-electron chi connectivity index (χ4n) is 10.5. The zero-order chi connectivity index (χ0) is 59.9. The highest BCUT2D eigenvalue weighted by atomic mass is 16.6. The van der Waals surface area contributed by atoms with Crippen molar-refractivity contribution in [1.82, 2.24) is 0 Å². The Bertz CT molecular complexity index is 1570. The van der Waals surface area contributed by atoms with E-state index in [9.17, 15) is 14.4 Å². The first kappa shape index (κ1) is 79.6. The van der Waals surface area contributed by atoms with E-state index in [0.29, 0.717) is 19.3 Å². The van der Waals surface area contributed by atoms with Crippen molar-refractivity contribution in [1.29, 1.82) is 0 Å². The maximum atomic E-state index is 13.0. The minimum Gasteiger partial charge on any atom is -0.462 e. The molecule has 6 heteroatoms. The van der Waals surface area contributed by atoms with Gasteiger partial charge in [-0.3, -0.25) is 14.4 Å². The summed E-state index contributed by atoms with van der Waals surface area (Å²) < 4.78 is 17.0. The van der Waals surface area contributed by atoms with Crippen molar-refractivity contribution in [3.8, 4) is 0 Å². The van der Waals surface area contributed by atoms with Gasteiger partial charge >= 0.3 is 17.9 Å². The molecule has 1 unspecified atom stereocenters. The largest absolute Gasteiger partial charge is 0.462 e. The maximum absolute atomic E-state index is 13.0. The fourth-order valence-corrected chi connectivity index (χ4v) is 10.5. The number of esters is 3. The quantitative estimate of drug-likeness (QED) is 0.0261. The Balaban J connectivity index is 4.27. The molecule has 0 heterocycles. The molecular formula is C77H136O6. The standard InChI is InChI=1S/C77H136O6/c1-4-7-10-13-16-19-22-25-28-30-32-34-35-36-37-38-39-40-41-42-43-44-46-47-49-52-55-58-61-64-67-70-76(79)82-73-74(72-81-75(78)69-66-63-60-57-54-51-27-24-21-18-15-12-9-6-3)83-77(80)71-68-65-62-59-56-53-50-48-45-33-31-29-26-23-20-17-14-11-8-5-2/h7,10,16,19,25,28,32,34,36-37,39-40,42-43,74H,4-6,8-9,11-15,17-18,20-24,26-27,29-31,33,35,38,41,44-73H2,1-3H3/b10-7-,19-16-,28-25-,34-32-,37-36-,40-39-,43-42-. The summed E-state index contributed by atoms with van der Waals surface area (Å²) in [5.41, 5.74) is 0. The number of rotatable bonds is 66. The number of carbonyl (C=O) groups is 3. The van der Waals surface area contributed by atoms with Crippen molar-refractivity contribution in [3.05, 3.63) is 85.1 Å². The van der Waals surface area contributed by atoms with Crippen LogP contribution in [0.4, 0.5) is 0 Å². The van der Waals surface area contributed by atoms with Crippen LogP contribution in [0.1, 0.15) is 367 Å². The van der Waals surface area contributed by atoms with Gasteiger partial charge in [0.2, 0.25) is 0 Å². The predicted octanol–water partition coefficient (Wildman–Crippen LogP) is 25.0. The molecule has 0 aliphatic heterocycles. The van der Waals surface area contributed by atoms with Crippen LogP contribution in [0.25, 0.3) is 0 Å². The van der Waals surface area contributed by atoms with E-state index >= 15 is 0 Å². The van der Waals surface area contributed by atoms with Crippen molar-refractivity contribution in [2.24, 2.45) is 0 Å². The summed E-state index contributed by atoms with van der Waals surface area (Å²) in [6.07, 6.45) is 94.6. The SMILES string of the molecule is CC/C=C\C/C=C\C/C=C\C/C=C\C/C=C\C/C=C\C/C=C\CCCCCCCCCCCC(=O)OCC(COC(=O)CCCCCCCCCCCCCCCC)OC(=O)CCCCCCCCCCCCCCCCCCCCCC. The summed E-state index contributed by atoms with van der Waals surface area (Å²) in [4.78, 5) is 38.5. The van der Waals surface area contributed by atoms with Gasteiger partial charge in [-0.25, -0.2) is 0 Å². The average Bonchev–Trinajstić information content (AvgIpc) is 3.49. The number of hydrogen-bond donors (Lipinski definition) is 0. The van der Waals surface area contributed by atoms with Gasteiger partial charge in [-0.05, 0) is 77.0 Å². The molecule has 0 N–H and O–H groups in total. The highest BCUT2D eigenvalue weighted by molar-refractivity contribution is 5.71. The molecule has 0 aromatic heterocycles. The Morgan fingerprint density at radius 3 is 0.735 bits per heavy atom. The van der Waals surface area contributed by atoms with Gasteiger partial charge in [-0.2, -0.15) is 0 Å². The molecule has 83 heavy (non-hydrogen) atoms. The Labute approximate surface area is 515 Å². The van der Waals surface area contributed by atoms with Gasteiger partial charge in [0, 0.05) is 19.3 Å². The van der Waals surface area contributed by atoms with Crippen LogP contribution in [0.15, 0.2) is 85.1 Å². The molecule has 1 atom stereocenters. The number of carbonyl (C=O) groups excluding carboxylic acids is 3. The third kappa shape index (κ3) is 69.3. The van der Waals surface area contributed by atoms with E-state index in [4.69, 9.17) is 14.2 Å². The Kier molecular flexibility index (Phi) is 68.2. The normalized spacial score (nSPS) is 12.6. The second-order valence-electron chi connectivity index (χ2n) is 24.1. The van der Waals surface area contributed by atoms with Gasteiger partial charge in [0.05, 0.1) is 0 Å². The average molecular weight is 1160 g/mol. The van der Waals surface area contributed by atoms with E-state index in [-0.39, 0.29) is 31.1 Å². The third-order valence-corrected chi connectivity index (χ3v) is 15.9. The molecule has 0 spiro atoms. The fraction of sp³-hybridized carbons (Fsp3) is 0.779. The molecule has 0 aliphatic carbocycles. The molecule has 0 fully saturated rings. The Hall–Kier alpha value is -3.41. The summed E-state index contributed by atoms with van der Waals surface area (Å²) in [5, 5.41) is 0. The van der Waals surface area contributed by atoms with Crippen molar-refractivity contribution in [2.75, 3.05) is 13.2 Å². The first-order chi connectivity index (χ1) is 41.0. The number of unbranched alkanes of at least 4 members (excludes halogenated alkanes) is 41. The van der Waals surface area contributed by atoms with Gasteiger partial charge in [-0.1, -0.05) is 356 Å². The minimum atomic E-state index is -0.777. The molecule has 0 rings (SSSR count). The van der Waals surface area contributed by atoms with E-state index in [1.807, 2.05) is 0 Å². The van der Waals surface area contributed by atoms with E-state index in [0.717, 1.165) is 109 Å². The lowest BCUT2D eigenvalue weighted by atomic mass is 10.0. The van der Waals surface area contributed by atoms with E-state index in [2.05, 4.69) is 106 Å². The number of hydrogen-bond acceptors (Lipinski definition) is 6. The van der Waals surface area contributed by atoms with Crippen molar-refractivity contribution in [3.63, 3.8) is 0 Å². The molecule has 0 amide bonds. The Morgan fingerprint density at radius 2 is 0.470 bits per heavy atom. The van der Waals surface area contributed by atoms with Gasteiger partial charge in [0.15, 0.2) is 6.10 Å². The minimum absolute atomic E-state index is 0.0719. The van der Waals surface area contributed by atoms with Crippen LogP contribution < -0.4 is 0 Å². The van der Waals surface area contributed by atoms with Crippen LogP contribution in [-0.4, -0.2) is 37.2 Å². The van der Waals surface area contributed by atoms with E-state index in [1.54, 1.807) is 0 Å². The molecule has 0 radical (unpaired) electrons. The van der Waals surface area contributed by atoms with Crippen LogP contribution in [0.3, 0.4) is 0 Å². The lowest BCUT2D eigenvalue weighted by Gasteiger charge is -2.18. The molecule has 480 valence electrons.